The van der Waals surface area contributed by atoms with Crippen LogP contribution in [0.2, 0.25) is 5.02 Å². The van der Waals surface area contributed by atoms with E-state index in [2.05, 4.69) is 16.0 Å². The summed E-state index contributed by atoms with van der Waals surface area (Å²) in [6, 6.07) is 14.3. The number of para-hydroxylation sites is 1. The van der Waals surface area contributed by atoms with Gasteiger partial charge in [0, 0.05) is 29.2 Å². The van der Waals surface area contributed by atoms with Crippen LogP contribution in [0.25, 0.3) is 0 Å². The zero-order chi connectivity index (χ0) is 21.9. The van der Waals surface area contributed by atoms with Gasteiger partial charge in [-0.3, -0.25) is 19.7 Å². The van der Waals surface area contributed by atoms with E-state index in [1.807, 2.05) is 0 Å². The number of hydrogen-bond donors (Lipinski definition) is 3. The summed E-state index contributed by atoms with van der Waals surface area (Å²) < 4.78 is 5.01. The Bertz CT molecular complexity index is 887. The molecule has 0 aliphatic rings. The van der Waals surface area contributed by atoms with E-state index in [0.29, 0.717) is 22.7 Å². The molecule has 3 N–H and O–H groups in total. The number of benzene rings is 2. The van der Waals surface area contributed by atoms with Crippen LogP contribution in [-0.4, -0.2) is 36.5 Å². The first-order valence-electron chi connectivity index (χ1n) is 9.25. The Balaban J connectivity index is 1.64. The van der Waals surface area contributed by atoms with Crippen LogP contribution < -0.4 is 16.0 Å². The van der Waals surface area contributed by atoms with Crippen molar-refractivity contribution in [2.75, 3.05) is 11.9 Å². The molecule has 0 aliphatic carbocycles. The molecule has 1 unspecified atom stereocenters. The van der Waals surface area contributed by atoms with Crippen molar-refractivity contribution in [3.05, 3.63) is 65.2 Å². The number of urea groups is 1. The number of amides is 4. The summed E-state index contributed by atoms with van der Waals surface area (Å²) in [4.78, 5) is 47.6. The van der Waals surface area contributed by atoms with Crippen LogP contribution in [0.3, 0.4) is 0 Å². The lowest BCUT2D eigenvalue weighted by molar-refractivity contribution is -0.154. The van der Waals surface area contributed by atoms with Crippen molar-refractivity contribution in [1.82, 2.24) is 10.6 Å². The van der Waals surface area contributed by atoms with E-state index in [4.69, 9.17) is 16.3 Å². The van der Waals surface area contributed by atoms with E-state index in [0.717, 1.165) is 0 Å². The van der Waals surface area contributed by atoms with E-state index < -0.39 is 24.0 Å². The first kappa shape index (κ1) is 22.9. The second-order valence-electron chi connectivity index (χ2n) is 6.31. The summed E-state index contributed by atoms with van der Waals surface area (Å²) in [6.45, 7) is 1.63. The third-order valence-electron chi connectivity index (χ3n) is 3.90. The summed E-state index contributed by atoms with van der Waals surface area (Å²) in [6.07, 6.45) is -0.793. The van der Waals surface area contributed by atoms with Gasteiger partial charge in [0.2, 0.25) is 0 Å². The number of imide groups is 1. The van der Waals surface area contributed by atoms with Gasteiger partial charge in [-0.25, -0.2) is 4.79 Å². The fraction of sp³-hybridized carbons (Fsp3) is 0.238. The molecule has 0 fully saturated rings. The van der Waals surface area contributed by atoms with Gasteiger partial charge in [-0.15, -0.1) is 0 Å². The van der Waals surface area contributed by atoms with Gasteiger partial charge in [0.15, 0.2) is 6.10 Å². The van der Waals surface area contributed by atoms with Crippen LogP contribution in [0.15, 0.2) is 54.6 Å². The van der Waals surface area contributed by atoms with Gasteiger partial charge >= 0.3 is 12.0 Å². The van der Waals surface area contributed by atoms with Crippen molar-refractivity contribution in [3.63, 3.8) is 0 Å². The number of rotatable bonds is 8. The van der Waals surface area contributed by atoms with Crippen LogP contribution in [-0.2, 0) is 14.3 Å². The van der Waals surface area contributed by atoms with Crippen molar-refractivity contribution in [1.29, 1.82) is 0 Å². The molecule has 0 saturated heterocycles. The Labute approximate surface area is 178 Å². The van der Waals surface area contributed by atoms with Crippen LogP contribution in [0.4, 0.5) is 10.5 Å². The number of carbonyl (C=O) groups is 4. The number of ether oxygens (including phenoxy) is 1. The van der Waals surface area contributed by atoms with Crippen LogP contribution in [0.5, 0.6) is 0 Å². The predicted molar refractivity (Wildman–Crippen MR) is 112 cm³/mol. The number of carbonyl (C=O) groups excluding carboxylic acids is 4. The zero-order valence-corrected chi connectivity index (χ0v) is 17.1. The summed E-state index contributed by atoms with van der Waals surface area (Å²) in [5.41, 5.74) is 0.981. The van der Waals surface area contributed by atoms with Gasteiger partial charge in [-0.05, 0) is 49.7 Å². The smallest absolute Gasteiger partial charge is 0.325 e. The van der Waals surface area contributed by atoms with Crippen molar-refractivity contribution in [3.8, 4) is 0 Å². The van der Waals surface area contributed by atoms with Crippen molar-refractivity contribution in [2.45, 2.75) is 25.9 Å². The highest BCUT2D eigenvalue weighted by Gasteiger charge is 2.20. The second kappa shape index (κ2) is 11.6. The maximum absolute atomic E-state index is 12.0. The van der Waals surface area contributed by atoms with E-state index >= 15 is 0 Å². The van der Waals surface area contributed by atoms with Crippen LogP contribution in [0, 0.1) is 0 Å². The average Bonchev–Trinajstić information content (AvgIpc) is 2.72. The lowest BCUT2D eigenvalue weighted by Crippen LogP contribution is -2.41. The minimum Gasteiger partial charge on any atom is -0.453 e. The van der Waals surface area contributed by atoms with Crippen molar-refractivity contribution in [2.24, 2.45) is 0 Å². The van der Waals surface area contributed by atoms with E-state index in [1.165, 1.54) is 6.92 Å². The Morgan fingerprint density at radius 2 is 1.67 bits per heavy atom. The molecule has 0 bridgehead atoms. The van der Waals surface area contributed by atoms with Crippen molar-refractivity contribution < 1.29 is 23.9 Å². The second-order valence-corrected chi connectivity index (χ2v) is 6.74. The summed E-state index contributed by atoms with van der Waals surface area (Å²) in [5.74, 6) is -1.63. The topological polar surface area (TPSA) is 114 Å². The molecular formula is C21H22ClN3O5. The molecule has 2 aromatic carbocycles. The van der Waals surface area contributed by atoms with Crippen molar-refractivity contribution >= 4 is 41.1 Å². The predicted octanol–water partition coefficient (Wildman–Crippen LogP) is 3.13. The third kappa shape index (κ3) is 7.92. The quantitative estimate of drug-likeness (QED) is 0.439. The Morgan fingerprint density at radius 3 is 2.33 bits per heavy atom. The lowest BCUT2D eigenvalue weighted by atomic mass is 10.2. The molecule has 8 nitrogen and oxygen atoms in total. The Morgan fingerprint density at radius 1 is 1.00 bits per heavy atom. The van der Waals surface area contributed by atoms with Crippen LogP contribution in [0.1, 0.15) is 30.1 Å². The molecule has 0 aromatic heterocycles. The first-order chi connectivity index (χ1) is 14.3. The summed E-state index contributed by atoms with van der Waals surface area (Å²) in [7, 11) is 0. The fourth-order valence-corrected chi connectivity index (χ4v) is 2.47. The average molecular weight is 432 g/mol. The highest BCUT2D eigenvalue weighted by atomic mass is 35.5. The number of hydrogen-bond acceptors (Lipinski definition) is 5. The number of esters is 1. The SMILES string of the molecule is CC(OC(=O)CCCNC(=O)c1ccc(Cl)cc1)C(=O)NC(=O)Nc1ccccc1. The number of halogens is 1. The molecule has 9 heteroatoms. The van der Waals surface area contributed by atoms with Gasteiger partial charge < -0.3 is 15.4 Å². The highest BCUT2D eigenvalue weighted by Crippen LogP contribution is 2.09. The standard InChI is InChI=1S/C21H22ClN3O5/c1-14(19(27)25-21(29)24-17-6-3-2-4-7-17)30-18(26)8-5-13-23-20(28)15-9-11-16(22)12-10-15/h2-4,6-7,9-12,14H,5,8,13H2,1H3,(H,23,28)(H2,24,25,27,29). The molecule has 158 valence electrons. The van der Waals surface area contributed by atoms with Gasteiger partial charge in [-0.1, -0.05) is 29.8 Å². The summed E-state index contributed by atoms with van der Waals surface area (Å²) >= 11 is 5.77. The Kier molecular flexibility index (Phi) is 8.83. The molecule has 4 amide bonds. The highest BCUT2D eigenvalue weighted by molar-refractivity contribution is 6.30. The van der Waals surface area contributed by atoms with E-state index in [1.54, 1.807) is 54.6 Å². The monoisotopic (exact) mass is 431 g/mol. The molecule has 0 saturated carbocycles. The third-order valence-corrected chi connectivity index (χ3v) is 4.15. The minimum atomic E-state index is -1.14. The Hall–Kier alpha value is -3.39. The number of anilines is 1. The largest absolute Gasteiger partial charge is 0.453 e. The molecule has 1 atom stereocenters. The molecule has 0 spiro atoms. The van der Waals surface area contributed by atoms with Crippen LogP contribution >= 0.6 is 11.6 Å². The molecule has 2 rings (SSSR count). The fourth-order valence-electron chi connectivity index (χ4n) is 2.34. The van der Waals surface area contributed by atoms with E-state index in [-0.39, 0.29) is 18.9 Å². The summed E-state index contributed by atoms with van der Waals surface area (Å²) in [5, 5.41) is 7.81. The molecular weight excluding hydrogens is 410 g/mol. The van der Waals surface area contributed by atoms with Gasteiger partial charge in [0.25, 0.3) is 11.8 Å². The van der Waals surface area contributed by atoms with Gasteiger partial charge in [0.1, 0.15) is 0 Å². The molecule has 0 heterocycles. The number of nitrogens with one attached hydrogen (secondary N) is 3. The zero-order valence-electron chi connectivity index (χ0n) is 16.3. The normalized spacial score (nSPS) is 11.1. The van der Waals surface area contributed by atoms with E-state index in [9.17, 15) is 19.2 Å². The maximum atomic E-state index is 12.0. The van der Waals surface area contributed by atoms with Gasteiger partial charge in [-0.2, -0.15) is 0 Å². The maximum Gasteiger partial charge on any atom is 0.325 e. The molecule has 2 aromatic rings. The molecule has 0 radical (unpaired) electrons. The minimum absolute atomic E-state index is 0.00866. The van der Waals surface area contributed by atoms with Gasteiger partial charge in [0.05, 0.1) is 0 Å². The first-order valence-corrected chi connectivity index (χ1v) is 9.63. The molecule has 0 aliphatic heterocycles. The lowest BCUT2D eigenvalue weighted by Gasteiger charge is -2.13. The molecule has 30 heavy (non-hydrogen) atoms.